The van der Waals surface area contributed by atoms with Crippen LogP contribution < -0.4 is 4.74 Å². The van der Waals surface area contributed by atoms with E-state index in [1.54, 1.807) is 6.07 Å². The van der Waals surface area contributed by atoms with E-state index in [4.69, 9.17) is 4.74 Å². The molecule has 14 heavy (non-hydrogen) atoms. The number of aliphatic hydroxyl groups is 1. The summed E-state index contributed by atoms with van der Waals surface area (Å²) in [5.41, 5.74) is 0.710. The Balaban J connectivity index is 2.87. The Morgan fingerprint density at radius 3 is 2.79 bits per heavy atom. The maximum Gasteiger partial charge on any atom is 0.123 e. The fourth-order valence-corrected chi connectivity index (χ4v) is 1.30. The second kappa shape index (κ2) is 4.96. The number of benzene rings is 1. The molecule has 0 saturated heterocycles. The molecule has 0 aromatic heterocycles. The average molecular weight is 198 g/mol. The maximum atomic E-state index is 12.9. The molecule has 1 rings (SSSR count). The van der Waals surface area contributed by atoms with Gasteiger partial charge in [0.2, 0.25) is 0 Å². The number of rotatable bonds is 4. The Kier molecular flexibility index (Phi) is 3.89. The van der Waals surface area contributed by atoms with E-state index >= 15 is 0 Å². The van der Waals surface area contributed by atoms with Crippen molar-refractivity contribution in [3.05, 3.63) is 29.6 Å². The molecule has 0 saturated carbocycles. The molecule has 0 aliphatic heterocycles. The van der Waals surface area contributed by atoms with Crippen molar-refractivity contribution in [3.63, 3.8) is 0 Å². The van der Waals surface area contributed by atoms with Crippen LogP contribution in [0.5, 0.6) is 5.75 Å². The van der Waals surface area contributed by atoms with Crippen molar-refractivity contribution in [2.24, 2.45) is 0 Å². The van der Waals surface area contributed by atoms with Gasteiger partial charge in [0.1, 0.15) is 11.6 Å². The van der Waals surface area contributed by atoms with E-state index in [0.717, 1.165) is 0 Å². The van der Waals surface area contributed by atoms with Gasteiger partial charge in [-0.05, 0) is 30.2 Å². The summed E-state index contributed by atoms with van der Waals surface area (Å²) in [4.78, 5) is 0. The van der Waals surface area contributed by atoms with Crippen molar-refractivity contribution in [1.29, 1.82) is 0 Å². The number of ether oxygens (including phenoxy) is 1. The monoisotopic (exact) mass is 198 g/mol. The SMILES string of the molecule is CC[C@H](O)Cc1cc(F)ccc1OC. The van der Waals surface area contributed by atoms with Crippen LogP contribution in [0.4, 0.5) is 4.39 Å². The van der Waals surface area contributed by atoms with Crippen LogP contribution in [-0.4, -0.2) is 18.3 Å². The maximum absolute atomic E-state index is 12.9. The summed E-state index contributed by atoms with van der Waals surface area (Å²) in [5.74, 6) is 0.322. The van der Waals surface area contributed by atoms with Crippen LogP contribution in [0.3, 0.4) is 0 Å². The number of methoxy groups -OCH3 is 1. The number of aliphatic hydroxyl groups excluding tert-OH is 1. The Bertz CT molecular complexity index is 299. The summed E-state index contributed by atoms with van der Waals surface area (Å²) in [7, 11) is 1.54. The summed E-state index contributed by atoms with van der Waals surface area (Å²) < 4.78 is 18.0. The predicted octanol–water partition coefficient (Wildman–Crippen LogP) is 2.15. The normalized spacial score (nSPS) is 12.6. The Morgan fingerprint density at radius 2 is 2.21 bits per heavy atom. The fourth-order valence-electron chi connectivity index (χ4n) is 1.30. The first-order valence-corrected chi connectivity index (χ1v) is 4.67. The lowest BCUT2D eigenvalue weighted by Crippen LogP contribution is -2.09. The molecule has 1 aromatic carbocycles. The molecule has 78 valence electrons. The highest BCUT2D eigenvalue weighted by atomic mass is 19.1. The van der Waals surface area contributed by atoms with Crippen LogP contribution in [0.25, 0.3) is 0 Å². The molecule has 2 nitrogen and oxygen atoms in total. The van der Waals surface area contributed by atoms with E-state index in [2.05, 4.69) is 0 Å². The lowest BCUT2D eigenvalue weighted by Gasteiger charge is -2.11. The molecule has 0 spiro atoms. The molecule has 0 bridgehead atoms. The smallest absolute Gasteiger partial charge is 0.123 e. The minimum absolute atomic E-state index is 0.302. The Hall–Kier alpha value is -1.09. The van der Waals surface area contributed by atoms with Crippen LogP contribution in [0.1, 0.15) is 18.9 Å². The highest BCUT2D eigenvalue weighted by Gasteiger charge is 2.09. The van der Waals surface area contributed by atoms with Crippen molar-refractivity contribution in [1.82, 2.24) is 0 Å². The second-order valence-corrected chi connectivity index (χ2v) is 3.22. The minimum atomic E-state index is -0.439. The molecule has 0 fully saturated rings. The van der Waals surface area contributed by atoms with Gasteiger partial charge in [0.05, 0.1) is 13.2 Å². The van der Waals surface area contributed by atoms with Crippen LogP contribution >= 0.6 is 0 Å². The molecule has 0 aliphatic rings. The van der Waals surface area contributed by atoms with Crippen molar-refractivity contribution in [3.8, 4) is 5.75 Å². The van der Waals surface area contributed by atoms with E-state index in [-0.39, 0.29) is 5.82 Å². The molecular formula is C11H15FO2. The van der Waals surface area contributed by atoms with Gasteiger partial charge < -0.3 is 9.84 Å². The van der Waals surface area contributed by atoms with Crippen LogP contribution in [0, 0.1) is 5.82 Å². The summed E-state index contributed by atoms with van der Waals surface area (Å²) in [6.07, 6.45) is 0.641. The first-order valence-electron chi connectivity index (χ1n) is 4.67. The summed E-state index contributed by atoms with van der Waals surface area (Å²) in [5, 5.41) is 9.44. The molecule has 0 amide bonds. The highest BCUT2D eigenvalue weighted by molar-refractivity contribution is 5.34. The van der Waals surface area contributed by atoms with E-state index in [0.29, 0.717) is 24.2 Å². The van der Waals surface area contributed by atoms with Crippen LogP contribution in [-0.2, 0) is 6.42 Å². The van der Waals surface area contributed by atoms with Crippen molar-refractivity contribution < 1.29 is 14.2 Å². The summed E-state index contributed by atoms with van der Waals surface area (Å²) in [6.45, 7) is 1.89. The fraction of sp³-hybridized carbons (Fsp3) is 0.455. The summed E-state index contributed by atoms with van der Waals surface area (Å²) >= 11 is 0. The standard InChI is InChI=1S/C11H15FO2/c1-3-10(13)7-8-6-9(12)4-5-11(8)14-2/h4-6,10,13H,3,7H2,1-2H3/t10-/m0/s1. The van der Waals surface area contributed by atoms with Gasteiger partial charge in [0.15, 0.2) is 0 Å². The van der Waals surface area contributed by atoms with Crippen molar-refractivity contribution in [2.75, 3.05) is 7.11 Å². The molecule has 1 N–H and O–H groups in total. The molecule has 1 aromatic rings. The van der Waals surface area contributed by atoms with Gasteiger partial charge in [-0.3, -0.25) is 0 Å². The quantitative estimate of drug-likeness (QED) is 0.803. The highest BCUT2D eigenvalue weighted by Crippen LogP contribution is 2.21. The first-order chi connectivity index (χ1) is 6.67. The average Bonchev–Trinajstić information content (AvgIpc) is 2.18. The van der Waals surface area contributed by atoms with Gasteiger partial charge in [0, 0.05) is 6.42 Å². The van der Waals surface area contributed by atoms with E-state index in [1.165, 1.54) is 19.2 Å². The predicted molar refractivity (Wildman–Crippen MR) is 53.0 cm³/mol. The third kappa shape index (κ3) is 2.70. The molecular weight excluding hydrogens is 183 g/mol. The molecule has 0 aliphatic carbocycles. The zero-order valence-corrected chi connectivity index (χ0v) is 8.46. The molecule has 1 atom stereocenters. The minimum Gasteiger partial charge on any atom is -0.496 e. The number of hydrogen-bond acceptors (Lipinski definition) is 2. The molecule has 0 radical (unpaired) electrons. The molecule has 3 heteroatoms. The zero-order chi connectivity index (χ0) is 10.6. The van der Waals surface area contributed by atoms with Crippen LogP contribution in [0.15, 0.2) is 18.2 Å². The third-order valence-electron chi connectivity index (χ3n) is 2.17. The largest absolute Gasteiger partial charge is 0.496 e. The van der Waals surface area contributed by atoms with Gasteiger partial charge in [-0.25, -0.2) is 4.39 Å². The molecule has 0 heterocycles. The first kappa shape index (κ1) is 11.0. The number of hydrogen-bond donors (Lipinski definition) is 1. The lowest BCUT2D eigenvalue weighted by molar-refractivity contribution is 0.169. The molecule has 0 unspecified atom stereocenters. The Labute approximate surface area is 83.3 Å². The van der Waals surface area contributed by atoms with Crippen molar-refractivity contribution in [2.45, 2.75) is 25.9 Å². The van der Waals surface area contributed by atoms with Gasteiger partial charge in [-0.15, -0.1) is 0 Å². The van der Waals surface area contributed by atoms with E-state index < -0.39 is 6.10 Å². The number of halogens is 1. The van der Waals surface area contributed by atoms with E-state index in [9.17, 15) is 9.50 Å². The second-order valence-electron chi connectivity index (χ2n) is 3.22. The van der Waals surface area contributed by atoms with Gasteiger partial charge in [0.25, 0.3) is 0 Å². The van der Waals surface area contributed by atoms with Gasteiger partial charge in [-0.2, -0.15) is 0 Å². The zero-order valence-electron chi connectivity index (χ0n) is 8.46. The van der Waals surface area contributed by atoms with Gasteiger partial charge in [-0.1, -0.05) is 6.92 Å². The van der Waals surface area contributed by atoms with Crippen molar-refractivity contribution >= 4 is 0 Å². The third-order valence-corrected chi connectivity index (χ3v) is 2.17. The summed E-state index contributed by atoms with van der Waals surface area (Å²) in [6, 6.07) is 4.32. The topological polar surface area (TPSA) is 29.5 Å². The van der Waals surface area contributed by atoms with Gasteiger partial charge >= 0.3 is 0 Å². The Morgan fingerprint density at radius 1 is 1.50 bits per heavy atom. The van der Waals surface area contributed by atoms with Crippen LogP contribution in [0.2, 0.25) is 0 Å². The van der Waals surface area contributed by atoms with E-state index in [1.807, 2.05) is 6.92 Å². The lowest BCUT2D eigenvalue weighted by atomic mass is 10.1.